The minimum Gasteiger partial charge on any atom is -0.506 e. The van der Waals surface area contributed by atoms with E-state index < -0.39 is 30.0 Å². The van der Waals surface area contributed by atoms with Gasteiger partial charge in [0.2, 0.25) is 15.4 Å². The monoisotopic (exact) mass is 940 g/mol. The SMILES string of the molecule is COc1cccc(Nc2c(C(N)=O)cnc3c(C)cc(S(=O)(=O)c4cccc(C(=O)Nc5cccc(CCCNC[C@H](O[Si](C)(C)C(C)(C)C)c6ccc(O)c7[nH]c(=O)ccc67)c5)c4)cc23)c1. The van der Waals surface area contributed by atoms with Crippen molar-refractivity contribution in [3.63, 3.8) is 0 Å². The Balaban J connectivity index is 1.04. The van der Waals surface area contributed by atoms with E-state index in [1.165, 1.54) is 49.7 Å². The summed E-state index contributed by atoms with van der Waals surface area (Å²) in [7, 11) is -4.91. The molecule has 0 unspecified atom stereocenters. The molecule has 67 heavy (non-hydrogen) atoms. The van der Waals surface area contributed by atoms with Crippen molar-refractivity contribution in [2.75, 3.05) is 30.8 Å². The van der Waals surface area contributed by atoms with Crippen LogP contribution in [0.2, 0.25) is 18.1 Å². The maximum atomic E-state index is 14.3. The Bertz CT molecular complexity index is 3190. The van der Waals surface area contributed by atoms with Crippen LogP contribution in [-0.4, -0.2) is 63.8 Å². The number of benzene rings is 5. The van der Waals surface area contributed by atoms with Crippen molar-refractivity contribution in [2.45, 2.75) is 74.6 Å². The summed E-state index contributed by atoms with van der Waals surface area (Å²) >= 11 is 0. The number of nitrogens with zero attached hydrogens (tertiary/aromatic N) is 1. The minimum absolute atomic E-state index is 0.00180. The fourth-order valence-corrected chi connectivity index (χ4v) is 10.3. The number of aromatic nitrogens is 2. The summed E-state index contributed by atoms with van der Waals surface area (Å²) in [6, 6.07) is 30.0. The number of sulfone groups is 1. The van der Waals surface area contributed by atoms with E-state index >= 15 is 0 Å². The Morgan fingerprint density at radius 2 is 1.64 bits per heavy atom. The van der Waals surface area contributed by atoms with Gasteiger partial charge in [0.25, 0.3) is 11.8 Å². The minimum atomic E-state index is -4.19. The van der Waals surface area contributed by atoms with E-state index in [2.05, 4.69) is 59.8 Å². The van der Waals surface area contributed by atoms with E-state index in [-0.39, 0.29) is 49.1 Å². The van der Waals surface area contributed by atoms with Crippen molar-refractivity contribution in [2.24, 2.45) is 5.73 Å². The smallest absolute Gasteiger partial charge is 0.255 e. The van der Waals surface area contributed by atoms with Gasteiger partial charge in [-0.3, -0.25) is 19.4 Å². The number of aryl methyl sites for hydroxylation is 2. The average molecular weight is 941 g/mol. The molecule has 2 amide bonds. The van der Waals surface area contributed by atoms with E-state index in [1.807, 2.05) is 24.3 Å². The number of anilines is 3. The third-order valence-corrected chi connectivity index (χ3v) is 18.5. The van der Waals surface area contributed by atoms with Crippen LogP contribution in [-0.2, 0) is 20.7 Å². The largest absolute Gasteiger partial charge is 0.506 e. The molecule has 2 aromatic heterocycles. The van der Waals surface area contributed by atoms with Gasteiger partial charge in [-0.25, -0.2) is 8.42 Å². The molecule has 1 atom stereocenters. The Morgan fingerprint density at radius 1 is 0.896 bits per heavy atom. The number of carbonyl (C=O) groups is 2. The zero-order chi connectivity index (χ0) is 48.3. The van der Waals surface area contributed by atoms with Crippen LogP contribution in [0.5, 0.6) is 11.5 Å². The van der Waals surface area contributed by atoms with Gasteiger partial charge in [-0.15, -0.1) is 0 Å². The molecule has 2 heterocycles. The van der Waals surface area contributed by atoms with Crippen molar-refractivity contribution < 1.29 is 32.3 Å². The number of hydrogen-bond acceptors (Lipinski definition) is 11. The Labute approximate surface area is 391 Å². The summed E-state index contributed by atoms with van der Waals surface area (Å²) in [4.78, 5) is 45.5. The third-order valence-electron chi connectivity index (χ3n) is 12.3. The summed E-state index contributed by atoms with van der Waals surface area (Å²) in [6.07, 6.45) is 2.51. The molecular formula is C51H56N6O8SSi. The number of ether oxygens (including phenoxy) is 1. The lowest BCUT2D eigenvalue weighted by Crippen LogP contribution is -2.43. The second kappa shape index (κ2) is 19.5. The molecule has 0 aliphatic rings. The lowest BCUT2D eigenvalue weighted by atomic mass is 10.0. The van der Waals surface area contributed by atoms with Crippen LogP contribution in [0, 0.1) is 6.92 Å². The Morgan fingerprint density at radius 3 is 2.39 bits per heavy atom. The van der Waals surface area contributed by atoms with Crippen LogP contribution in [0.1, 0.15) is 70.7 Å². The van der Waals surface area contributed by atoms with Crippen molar-refractivity contribution in [3.8, 4) is 11.5 Å². The topological polar surface area (TPSA) is 215 Å². The predicted molar refractivity (Wildman–Crippen MR) is 266 cm³/mol. The molecular weight excluding hydrogens is 885 g/mol. The highest BCUT2D eigenvalue weighted by atomic mass is 32.2. The van der Waals surface area contributed by atoms with Crippen molar-refractivity contribution in [1.82, 2.24) is 15.3 Å². The van der Waals surface area contributed by atoms with Gasteiger partial charge in [0.05, 0.1) is 45.3 Å². The number of pyridine rings is 2. The first-order chi connectivity index (χ1) is 31.7. The van der Waals surface area contributed by atoms with Gasteiger partial charge < -0.3 is 40.9 Å². The molecule has 0 aliphatic heterocycles. The van der Waals surface area contributed by atoms with Gasteiger partial charge in [0.1, 0.15) is 11.5 Å². The van der Waals surface area contributed by atoms with E-state index in [4.69, 9.17) is 14.9 Å². The molecule has 0 fully saturated rings. The fourth-order valence-electron chi connectivity index (χ4n) is 7.66. The molecule has 0 bridgehead atoms. The van der Waals surface area contributed by atoms with Gasteiger partial charge in [-0.05, 0) is 128 Å². The van der Waals surface area contributed by atoms with Crippen LogP contribution in [0.3, 0.4) is 0 Å². The van der Waals surface area contributed by atoms with E-state index in [9.17, 15) is 27.9 Å². The zero-order valence-electron chi connectivity index (χ0n) is 38.6. The lowest BCUT2D eigenvalue weighted by molar-refractivity contribution is 0.0998. The number of nitrogens with one attached hydrogen (secondary N) is 4. The second-order valence-corrected chi connectivity index (χ2v) is 24.8. The number of hydrogen-bond donors (Lipinski definition) is 6. The standard InChI is InChI=1S/C51H56N6O8SSi/c1-31-24-38(28-41-46(31)54-29-42(49(52)60)47(41)55-35-16-10-17-36(27-35)64-5)66(62,63)37-18-9-14-33(26-37)50(61)56-34-15-8-12-32(25-34)13-11-23-53-30-44(65-67(6,7)51(2,3)4)39-19-21-43(58)48-40(39)20-22-45(59)57-48/h8-10,12,14-22,24-29,44,53,58H,11,13,23,30H2,1-7H3,(H2,52,60)(H,54,55)(H,56,61)(H,57,59)/t44-/m0/s1. The zero-order valence-corrected chi connectivity index (χ0v) is 40.4. The molecule has 7 aromatic rings. The number of primary amides is 1. The normalized spacial score (nSPS) is 12.5. The van der Waals surface area contributed by atoms with E-state index in [0.717, 1.165) is 22.9 Å². The van der Waals surface area contributed by atoms with Gasteiger partial charge >= 0.3 is 0 Å². The first kappa shape index (κ1) is 48.1. The number of fused-ring (bicyclic) bond motifs is 2. The highest BCUT2D eigenvalue weighted by molar-refractivity contribution is 7.91. The number of nitrogens with two attached hydrogens (primary N) is 1. The molecule has 7 rings (SSSR count). The average Bonchev–Trinajstić information content (AvgIpc) is 3.28. The number of rotatable bonds is 17. The highest BCUT2D eigenvalue weighted by Crippen LogP contribution is 2.41. The summed E-state index contributed by atoms with van der Waals surface area (Å²) in [5, 5.41) is 21.3. The number of phenolic OH excluding ortho intramolecular Hbond substituents is 1. The van der Waals surface area contributed by atoms with Crippen molar-refractivity contribution in [3.05, 3.63) is 154 Å². The second-order valence-electron chi connectivity index (χ2n) is 18.0. The summed E-state index contributed by atoms with van der Waals surface area (Å²) < 4.78 is 40.9. The van der Waals surface area contributed by atoms with Gasteiger partial charge in [-0.1, -0.05) is 51.1 Å². The number of aromatic hydroxyl groups is 1. The first-order valence-electron chi connectivity index (χ1n) is 21.9. The number of methoxy groups -OCH3 is 1. The summed E-state index contributed by atoms with van der Waals surface area (Å²) in [5.41, 5.74) is 10.4. The van der Waals surface area contributed by atoms with Crippen LogP contribution in [0.4, 0.5) is 17.1 Å². The molecule has 0 saturated carbocycles. The number of H-pyrrole nitrogens is 1. The van der Waals surface area contributed by atoms with Crippen LogP contribution >= 0.6 is 0 Å². The fraction of sp³-hybridized carbons (Fsp3) is 0.255. The number of phenols is 1. The molecule has 7 N–H and O–H groups in total. The van der Waals surface area contributed by atoms with Crippen molar-refractivity contribution in [1.29, 1.82) is 0 Å². The number of aromatic amines is 1. The third kappa shape index (κ3) is 10.7. The van der Waals surface area contributed by atoms with E-state index in [0.29, 0.717) is 58.6 Å². The maximum Gasteiger partial charge on any atom is 0.255 e. The van der Waals surface area contributed by atoms with Gasteiger partial charge in [-0.2, -0.15) is 0 Å². The molecule has 5 aromatic carbocycles. The molecule has 0 spiro atoms. The van der Waals surface area contributed by atoms with Gasteiger partial charge in [0, 0.05) is 52.6 Å². The maximum absolute atomic E-state index is 14.3. The molecule has 0 saturated heterocycles. The molecule has 16 heteroatoms. The Hall–Kier alpha value is -6.85. The van der Waals surface area contributed by atoms with Crippen molar-refractivity contribution >= 4 is 68.8 Å². The first-order valence-corrected chi connectivity index (χ1v) is 26.3. The quantitative estimate of drug-likeness (QED) is 0.0374. The molecule has 0 radical (unpaired) electrons. The number of amides is 2. The lowest BCUT2D eigenvalue weighted by Gasteiger charge is -2.39. The summed E-state index contributed by atoms with van der Waals surface area (Å²) in [6.45, 7) is 13.9. The van der Waals surface area contributed by atoms with Crippen LogP contribution in [0.15, 0.2) is 130 Å². The predicted octanol–water partition coefficient (Wildman–Crippen LogP) is 9.31. The number of carbonyl (C=O) groups excluding carboxylic acids is 2. The van der Waals surface area contributed by atoms with Crippen LogP contribution in [0.25, 0.3) is 21.8 Å². The molecule has 0 aliphatic carbocycles. The molecule has 348 valence electrons. The van der Waals surface area contributed by atoms with Crippen LogP contribution < -0.4 is 32.0 Å². The van der Waals surface area contributed by atoms with Gasteiger partial charge in [0.15, 0.2) is 8.32 Å². The molecule has 14 nitrogen and oxygen atoms in total. The Kier molecular flexibility index (Phi) is 14.0. The summed E-state index contributed by atoms with van der Waals surface area (Å²) in [5.74, 6) is -0.661. The highest BCUT2D eigenvalue weighted by Gasteiger charge is 2.40. The van der Waals surface area contributed by atoms with E-state index in [1.54, 1.807) is 55.5 Å².